The van der Waals surface area contributed by atoms with Crippen LogP contribution in [0.25, 0.3) is 11.0 Å². The Labute approximate surface area is 160 Å². The number of nitrogens with one attached hydrogen (secondary N) is 1. The molecule has 0 unspecified atom stereocenters. The molecule has 2 aromatic carbocycles. The monoisotopic (exact) mass is 362 g/mol. The Kier molecular flexibility index (Phi) is 5.54. The molecule has 1 fully saturated rings. The molecule has 0 saturated carbocycles. The number of furan rings is 1. The lowest BCUT2D eigenvalue weighted by Crippen LogP contribution is -2.34. The Morgan fingerprint density at radius 1 is 1.04 bits per heavy atom. The van der Waals surface area contributed by atoms with E-state index in [2.05, 4.69) is 40.5 Å². The van der Waals surface area contributed by atoms with Gasteiger partial charge in [0.15, 0.2) is 5.76 Å². The Bertz CT molecular complexity index is 847. The Morgan fingerprint density at radius 3 is 2.56 bits per heavy atom. The Hall–Kier alpha value is -2.59. The van der Waals surface area contributed by atoms with Crippen LogP contribution in [0.3, 0.4) is 0 Å². The second-order valence-electron chi connectivity index (χ2n) is 7.40. The SMILES string of the molecule is O=C(NCCC1CCN(Cc2ccccc2)CC1)c1cc2ccccc2o1. The van der Waals surface area contributed by atoms with Crippen LogP contribution in [0, 0.1) is 5.92 Å². The van der Waals surface area contributed by atoms with Crippen LogP contribution in [0.15, 0.2) is 65.1 Å². The number of fused-ring (bicyclic) bond motifs is 1. The highest BCUT2D eigenvalue weighted by molar-refractivity contribution is 5.96. The number of para-hydroxylation sites is 1. The van der Waals surface area contributed by atoms with E-state index in [0.717, 1.165) is 37.0 Å². The predicted octanol–water partition coefficient (Wildman–Crippen LogP) is 4.46. The normalized spacial score (nSPS) is 15.9. The molecule has 1 saturated heterocycles. The van der Waals surface area contributed by atoms with E-state index in [9.17, 15) is 4.79 Å². The molecule has 4 rings (SSSR count). The molecule has 0 bridgehead atoms. The van der Waals surface area contributed by atoms with E-state index in [1.807, 2.05) is 30.3 Å². The number of rotatable bonds is 6. The minimum Gasteiger partial charge on any atom is -0.451 e. The molecule has 4 nitrogen and oxygen atoms in total. The summed E-state index contributed by atoms with van der Waals surface area (Å²) in [7, 11) is 0. The van der Waals surface area contributed by atoms with Gasteiger partial charge in [-0.15, -0.1) is 0 Å². The van der Waals surface area contributed by atoms with Gasteiger partial charge in [0.1, 0.15) is 5.58 Å². The van der Waals surface area contributed by atoms with Crippen molar-refractivity contribution in [1.29, 1.82) is 0 Å². The van der Waals surface area contributed by atoms with Crippen molar-refractivity contribution in [2.24, 2.45) is 5.92 Å². The molecule has 3 aromatic rings. The van der Waals surface area contributed by atoms with Crippen LogP contribution in [0.4, 0.5) is 0 Å². The molecule has 1 aromatic heterocycles. The van der Waals surface area contributed by atoms with E-state index in [-0.39, 0.29) is 5.91 Å². The van der Waals surface area contributed by atoms with Gasteiger partial charge >= 0.3 is 0 Å². The quantitative estimate of drug-likeness (QED) is 0.704. The average Bonchev–Trinajstić information content (AvgIpc) is 3.14. The lowest BCUT2D eigenvalue weighted by molar-refractivity contribution is 0.0922. The first kappa shape index (κ1) is 17.8. The molecule has 27 heavy (non-hydrogen) atoms. The summed E-state index contributed by atoms with van der Waals surface area (Å²) >= 11 is 0. The summed E-state index contributed by atoms with van der Waals surface area (Å²) in [6, 6.07) is 20.2. The number of carbonyl (C=O) groups excluding carboxylic acids is 1. The molecular weight excluding hydrogens is 336 g/mol. The zero-order chi connectivity index (χ0) is 18.5. The van der Waals surface area contributed by atoms with Crippen molar-refractivity contribution in [2.75, 3.05) is 19.6 Å². The molecule has 0 spiro atoms. The lowest BCUT2D eigenvalue weighted by atomic mass is 9.93. The molecular formula is C23H26N2O2. The van der Waals surface area contributed by atoms with Crippen molar-refractivity contribution in [3.63, 3.8) is 0 Å². The Morgan fingerprint density at radius 2 is 1.78 bits per heavy atom. The fraction of sp³-hybridized carbons (Fsp3) is 0.348. The summed E-state index contributed by atoms with van der Waals surface area (Å²) in [6.45, 7) is 4.02. The molecule has 140 valence electrons. The van der Waals surface area contributed by atoms with Crippen molar-refractivity contribution in [1.82, 2.24) is 10.2 Å². The van der Waals surface area contributed by atoms with Crippen LogP contribution in [-0.2, 0) is 6.54 Å². The van der Waals surface area contributed by atoms with Crippen LogP contribution < -0.4 is 5.32 Å². The second-order valence-corrected chi connectivity index (χ2v) is 7.40. The summed E-state index contributed by atoms with van der Waals surface area (Å²) < 4.78 is 5.62. The van der Waals surface area contributed by atoms with Crippen molar-refractivity contribution >= 4 is 16.9 Å². The first-order chi connectivity index (χ1) is 13.3. The van der Waals surface area contributed by atoms with E-state index in [0.29, 0.717) is 18.2 Å². The van der Waals surface area contributed by atoms with Crippen LogP contribution in [0.5, 0.6) is 0 Å². The Balaban J connectivity index is 1.19. The lowest BCUT2D eigenvalue weighted by Gasteiger charge is -2.32. The summed E-state index contributed by atoms with van der Waals surface area (Å²) in [4.78, 5) is 14.8. The van der Waals surface area contributed by atoms with Gasteiger partial charge in [-0.05, 0) is 56.0 Å². The van der Waals surface area contributed by atoms with Crippen LogP contribution in [0.1, 0.15) is 35.4 Å². The molecule has 2 heterocycles. The van der Waals surface area contributed by atoms with E-state index < -0.39 is 0 Å². The van der Waals surface area contributed by atoms with Crippen molar-refractivity contribution in [3.8, 4) is 0 Å². The minimum atomic E-state index is -0.118. The summed E-state index contributed by atoms with van der Waals surface area (Å²) in [5, 5.41) is 3.98. The third-order valence-corrected chi connectivity index (χ3v) is 5.44. The van der Waals surface area contributed by atoms with Gasteiger partial charge in [-0.1, -0.05) is 48.5 Å². The maximum absolute atomic E-state index is 12.3. The molecule has 1 aliphatic heterocycles. The third kappa shape index (κ3) is 4.58. The van der Waals surface area contributed by atoms with Gasteiger partial charge in [0.25, 0.3) is 5.91 Å². The summed E-state index contributed by atoms with van der Waals surface area (Å²) in [5.41, 5.74) is 2.14. The number of nitrogens with zero attached hydrogens (tertiary/aromatic N) is 1. The average molecular weight is 362 g/mol. The minimum absolute atomic E-state index is 0.118. The number of amides is 1. The highest BCUT2D eigenvalue weighted by atomic mass is 16.3. The van der Waals surface area contributed by atoms with Gasteiger partial charge in [-0.2, -0.15) is 0 Å². The molecule has 0 aliphatic carbocycles. The largest absolute Gasteiger partial charge is 0.451 e. The number of likely N-dealkylation sites (tertiary alicyclic amines) is 1. The first-order valence-corrected chi connectivity index (χ1v) is 9.81. The van der Waals surface area contributed by atoms with Gasteiger partial charge in [-0.3, -0.25) is 9.69 Å². The summed E-state index contributed by atoms with van der Waals surface area (Å²) in [6.07, 6.45) is 3.44. The number of piperidine rings is 1. The van der Waals surface area contributed by atoms with E-state index in [1.165, 1.54) is 18.4 Å². The molecule has 1 aliphatic rings. The second kappa shape index (κ2) is 8.40. The number of carbonyl (C=O) groups is 1. The maximum Gasteiger partial charge on any atom is 0.287 e. The molecule has 0 atom stereocenters. The third-order valence-electron chi connectivity index (χ3n) is 5.44. The highest BCUT2D eigenvalue weighted by Gasteiger charge is 2.19. The highest BCUT2D eigenvalue weighted by Crippen LogP contribution is 2.22. The van der Waals surface area contributed by atoms with Gasteiger partial charge in [-0.25, -0.2) is 0 Å². The predicted molar refractivity (Wildman–Crippen MR) is 108 cm³/mol. The fourth-order valence-corrected chi connectivity index (χ4v) is 3.85. The smallest absolute Gasteiger partial charge is 0.287 e. The van der Waals surface area contributed by atoms with Crippen molar-refractivity contribution in [2.45, 2.75) is 25.8 Å². The van der Waals surface area contributed by atoms with Gasteiger partial charge in [0, 0.05) is 18.5 Å². The first-order valence-electron chi connectivity index (χ1n) is 9.81. The zero-order valence-corrected chi connectivity index (χ0v) is 15.6. The van der Waals surface area contributed by atoms with E-state index in [1.54, 1.807) is 0 Å². The maximum atomic E-state index is 12.3. The van der Waals surface area contributed by atoms with Crippen LogP contribution >= 0.6 is 0 Å². The molecule has 0 radical (unpaired) electrons. The van der Waals surface area contributed by atoms with E-state index >= 15 is 0 Å². The molecule has 1 amide bonds. The van der Waals surface area contributed by atoms with Gasteiger partial charge in [0.05, 0.1) is 0 Å². The fourth-order valence-electron chi connectivity index (χ4n) is 3.85. The number of hydrogen-bond donors (Lipinski definition) is 1. The van der Waals surface area contributed by atoms with Crippen LogP contribution in [-0.4, -0.2) is 30.4 Å². The number of benzene rings is 2. The van der Waals surface area contributed by atoms with Gasteiger partial charge in [0.2, 0.25) is 0 Å². The van der Waals surface area contributed by atoms with Crippen molar-refractivity contribution < 1.29 is 9.21 Å². The zero-order valence-electron chi connectivity index (χ0n) is 15.6. The van der Waals surface area contributed by atoms with Gasteiger partial charge < -0.3 is 9.73 Å². The number of hydrogen-bond acceptors (Lipinski definition) is 3. The van der Waals surface area contributed by atoms with Crippen molar-refractivity contribution in [3.05, 3.63) is 72.0 Å². The van der Waals surface area contributed by atoms with E-state index in [4.69, 9.17) is 4.42 Å². The van der Waals surface area contributed by atoms with Crippen LogP contribution in [0.2, 0.25) is 0 Å². The standard InChI is InChI=1S/C23H26N2O2/c26-23(22-16-20-8-4-5-9-21(20)27-22)24-13-10-18-11-14-25(15-12-18)17-19-6-2-1-3-7-19/h1-9,16,18H,10-15,17H2,(H,24,26). The molecule has 4 heteroatoms. The summed E-state index contributed by atoms with van der Waals surface area (Å²) in [5.74, 6) is 0.967. The topological polar surface area (TPSA) is 45.5 Å². The molecule has 1 N–H and O–H groups in total.